The first-order valence-corrected chi connectivity index (χ1v) is 12.9. The van der Waals surface area contributed by atoms with E-state index in [-0.39, 0.29) is 6.10 Å². The van der Waals surface area contributed by atoms with Crippen molar-refractivity contribution in [2.45, 2.75) is 52.0 Å². The first-order chi connectivity index (χ1) is 17.5. The minimum Gasteiger partial charge on any atom is -0.389 e. The lowest BCUT2D eigenvalue weighted by Gasteiger charge is -2.30. The zero-order valence-corrected chi connectivity index (χ0v) is 21.7. The van der Waals surface area contributed by atoms with Crippen molar-refractivity contribution >= 4 is 5.88 Å². The van der Waals surface area contributed by atoms with Crippen molar-refractivity contribution in [1.29, 1.82) is 0 Å². The zero-order valence-electron chi connectivity index (χ0n) is 21.7. The molecule has 36 heavy (non-hydrogen) atoms. The van der Waals surface area contributed by atoms with E-state index in [4.69, 9.17) is 14.0 Å². The van der Waals surface area contributed by atoms with E-state index in [1.54, 1.807) is 7.11 Å². The van der Waals surface area contributed by atoms with E-state index >= 15 is 0 Å². The number of rotatable bonds is 13. The number of aromatic nitrogens is 1. The molecule has 1 atom stereocenters. The lowest BCUT2D eigenvalue weighted by molar-refractivity contribution is -0.0103. The third-order valence-electron chi connectivity index (χ3n) is 6.53. The standard InChI is InChI=1S/C29H39N3O4/c1-22(2)35-21-26(33)19-31(15-9-17-34-3)20-27-28(24-11-5-4-6-12-24)30-36-29(27)32-16-14-23-10-7-8-13-25(23)18-32/h4-8,10-13,22,26,33H,9,14-21H2,1-3H3. The molecule has 1 aliphatic rings. The third-order valence-corrected chi connectivity index (χ3v) is 6.53. The maximum Gasteiger partial charge on any atom is 0.232 e. The molecule has 2 heterocycles. The SMILES string of the molecule is COCCCN(Cc1c(-c2ccccc2)noc1N1CCc2ccccc2C1)CC(O)COC(C)C. The predicted octanol–water partition coefficient (Wildman–Crippen LogP) is 4.53. The van der Waals surface area contributed by atoms with Gasteiger partial charge in [-0.25, -0.2) is 0 Å². The number of aliphatic hydroxyl groups excluding tert-OH is 1. The molecule has 2 aromatic carbocycles. The number of benzene rings is 2. The average Bonchev–Trinajstić information content (AvgIpc) is 3.31. The van der Waals surface area contributed by atoms with Gasteiger partial charge in [-0.1, -0.05) is 59.8 Å². The van der Waals surface area contributed by atoms with Crippen molar-refractivity contribution in [1.82, 2.24) is 10.1 Å². The van der Waals surface area contributed by atoms with Crippen molar-refractivity contribution in [2.75, 3.05) is 44.9 Å². The second-order valence-corrected chi connectivity index (χ2v) is 9.74. The lowest BCUT2D eigenvalue weighted by Crippen LogP contribution is -2.37. The minimum absolute atomic E-state index is 0.0814. The maximum absolute atomic E-state index is 10.7. The zero-order chi connectivity index (χ0) is 25.3. The van der Waals surface area contributed by atoms with Crippen molar-refractivity contribution < 1.29 is 19.1 Å². The molecular weight excluding hydrogens is 454 g/mol. The quantitative estimate of drug-likeness (QED) is 0.351. The highest BCUT2D eigenvalue weighted by atomic mass is 16.5. The molecule has 0 aliphatic carbocycles. The van der Waals surface area contributed by atoms with E-state index in [0.29, 0.717) is 26.3 Å². The predicted molar refractivity (Wildman–Crippen MR) is 142 cm³/mol. The van der Waals surface area contributed by atoms with Gasteiger partial charge in [0.25, 0.3) is 0 Å². The Morgan fingerprint density at radius 2 is 1.83 bits per heavy atom. The van der Waals surface area contributed by atoms with Gasteiger partial charge >= 0.3 is 0 Å². The van der Waals surface area contributed by atoms with Gasteiger partial charge in [0.1, 0.15) is 5.69 Å². The van der Waals surface area contributed by atoms with E-state index < -0.39 is 6.10 Å². The normalized spacial score (nSPS) is 14.4. The molecule has 3 aromatic rings. The molecule has 1 aromatic heterocycles. The molecule has 0 amide bonds. The molecule has 0 saturated heterocycles. The van der Waals surface area contributed by atoms with Crippen LogP contribution in [0.2, 0.25) is 0 Å². The highest BCUT2D eigenvalue weighted by molar-refractivity contribution is 5.68. The molecule has 194 valence electrons. The number of hydrogen-bond acceptors (Lipinski definition) is 7. The van der Waals surface area contributed by atoms with Crippen molar-refractivity contribution in [3.05, 3.63) is 71.3 Å². The fourth-order valence-corrected chi connectivity index (χ4v) is 4.73. The molecule has 4 rings (SSSR count). The highest BCUT2D eigenvalue weighted by Gasteiger charge is 2.27. The van der Waals surface area contributed by atoms with E-state index in [1.165, 1.54) is 11.1 Å². The molecule has 0 bridgehead atoms. The van der Waals surface area contributed by atoms with Crippen LogP contribution in [0.15, 0.2) is 59.1 Å². The Bertz CT molecular complexity index is 1070. The van der Waals surface area contributed by atoms with Gasteiger partial charge in [-0.05, 0) is 37.8 Å². The fraction of sp³-hybridized carbons (Fsp3) is 0.483. The van der Waals surface area contributed by atoms with Gasteiger partial charge in [-0.2, -0.15) is 0 Å². The maximum atomic E-state index is 10.7. The highest BCUT2D eigenvalue weighted by Crippen LogP contribution is 2.35. The van der Waals surface area contributed by atoms with Gasteiger partial charge in [0.05, 0.1) is 24.4 Å². The summed E-state index contributed by atoms with van der Waals surface area (Å²) in [7, 11) is 1.72. The molecule has 0 saturated carbocycles. The Kier molecular flexibility index (Phi) is 9.53. The summed E-state index contributed by atoms with van der Waals surface area (Å²) in [5.41, 5.74) is 5.66. The second kappa shape index (κ2) is 13.0. The number of anilines is 1. The summed E-state index contributed by atoms with van der Waals surface area (Å²) in [5, 5.41) is 15.3. The van der Waals surface area contributed by atoms with Crippen LogP contribution in [0.1, 0.15) is 37.0 Å². The number of fused-ring (bicyclic) bond motifs is 1. The van der Waals surface area contributed by atoms with Crippen LogP contribution in [-0.2, 0) is 29.0 Å². The van der Waals surface area contributed by atoms with Gasteiger partial charge in [0.15, 0.2) is 0 Å². The van der Waals surface area contributed by atoms with E-state index in [1.807, 2.05) is 32.0 Å². The summed E-state index contributed by atoms with van der Waals surface area (Å²) in [6.07, 6.45) is 1.34. The van der Waals surface area contributed by atoms with Crippen LogP contribution in [0.25, 0.3) is 11.3 Å². The van der Waals surface area contributed by atoms with E-state index in [0.717, 1.165) is 55.2 Å². The Hall–Kier alpha value is -2.71. The van der Waals surface area contributed by atoms with Crippen LogP contribution < -0.4 is 4.90 Å². The van der Waals surface area contributed by atoms with Gasteiger partial charge in [0.2, 0.25) is 5.88 Å². The van der Waals surface area contributed by atoms with Crippen molar-refractivity contribution in [3.8, 4) is 11.3 Å². The van der Waals surface area contributed by atoms with Crippen molar-refractivity contribution in [3.63, 3.8) is 0 Å². The Morgan fingerprint density at radius 3 is 2.58 bits per heavy atom. The Balaban J connectivity index is 1.61. The summed E-state index contributed by atoms with van der Waals surface area (Å²) < 4.78 is 17.0. The van der Waals surface area contributed by atoms with Crippen LogP contribution in [0, 0.1) is 0 Å². The molecule has 1 unspecified atom stereocenters. The van der Waals surface area contributed by atoms with Crippen LogP contribution in [0.4, 0.5) is 5.88 Å². The van der Waals surface area contributed by atoms with Crippen LogP contribution >= 0.6 is 0 Å². The third kappa shape index (κ3) is 6.95. The van der Waals surface area contributed by atoms with Gasteiger partial charge < -0.3 is 24.0 Å². The Labute approximate surface area is 214 Å². The molecule has 7 nitrogen and oxygen atoms in total. The van der Waals surface area contributed by atoms with Gasteiger partial charge in [-0.15, -0.1) is 0 Å². The molecule has 0 spiro atoms. The van der Waals surface area contributed by atoms with Crippen molar-refractivity contribution in [2.24, 2.45) is 0 Å². The molecule has 0 fully saturated rings. The number of ether oxygens (including phenoxy) is 2. The lowest BCUT2D eigenvalue weighted by atomic mass is 9.99. The topological polar surface area (TPSA) is 71.2 Å². The summed E-state index contributed by atoms with van der Waals surface area (Å²) in [6.45, 7) is 8.51. The average molecular weight is 494 g/mol. The minimum atomic E-state index is -0.583. The summed E-state index contributed by atoms with van der Waals surface area (Å²) in [4.78, 5) is 4.55. The summed E-state index contributed by atoms with van der Waals surface area (Å²) in [5.74, 6) is 0.813. The van der Waals surface area contributed by atoms with Gasteiger partial charge in [0, 0.05) is 52.0 Å². The summed E-state index contributed by atoms with van der Waals surface area (Å²) in [6, 6.07) is 18.8. The van der Waals surface area contributed by atoms with E-state index in [9.17, 15) is 5.11 Å². The first-order valence-electron chi connectivity index (χ1n) is 12.9. The number of hydrogen-bond donors (Lipinski definition) is 1. The second-order valence-electron chi connectivity index (χ2n) is 9.74. The molecule has 7 heteroatoms. The first kappa shape index (κ1) is 26.4. The number of aliphatic hydroxyl groups is 1. The largest absolute Gasteiger partial charge is 0.389 e. The van der Waals surface area contributed by atoms with Gasteiger partial charge in [-0.3, -0.25) is 4.90 Å². The number of nitrogens with zero attached hydrogens (tertiary/aromatic N) is 3. The van der Waals surface area contributed by atoms with Crippen LogP contribution in [0.3, 0.4) is 0 Å². The van der Waals surface area contributed by atoms with Crippen LogP contribution in [-0.4, -0.2) is 67.3 Å². The number of methoxy groups -OCH3 is 1. The molecule has 1 aliphatic heterocycles. The fourth-order valence-electron chi connectivity index (χ4n) is 4.73. The summed E-state index contributed by atoms with van der Waals surface area (Å²) >= 11 is 0. The van der Waals surface area contributed by atoms with E-state index in [2.05, 4.69) is 51.4 Å². The monoisotopic (exact) mass is 493 g/mol. The smallest absolute Gasteiger partial charge is 0.232 e. The van der Waals surface area contributed by atoms with Crippen LogP contribution in [0.5, 0.6) is 0 Å². The molecule has 0 radical (unpaired) electrons. The molecule has 1 N–H and O–H groups in total. The Morgan fingerprint density at radius 1 is 1.08 bits per heavy atom. The molecular formula is C29H39N3O4.